The van der Waals surface area contributed by atoms with Crippen molar-refractivity contribution in [2.45, 2.75) is 19.4 Å². The lowest BCUT2D eigenvalue weighted by atomic mass is 10.1. The highest BCUT2D eigenvalue weighted by atomic mass is 16.6. The van der Waals surface area contributed by atoms with Gasteiger partial charge in [-0.3, -0.25) is 14.9 Å². The summed E-state index contributed by atoms with van der Waals surface area (Å²) in [5.74, 6) is -0.0230. The summed E-state index contributed by atoms with van der Waals surface area (Å²) in [4.78, 5) is 24.2. The largest absolute Gasteiger partial charge is 0.339 e. The smallest absolute Gasteiger partial charge is 0.269 e. The molecule has 22 heavy (non-hydrogen) atoms. The summed E-state index contributed by atoms with van der Waals surface area (Å²) >= 11 is 0. The molecule has 0 heterocycles. The van der Waals surface area contributed by atoms with Gasteiger partial charge in [0.1, 0.15) is 0 Å². The molecule has 0 aliphatic carbocycles. The number of rotatable bonds is 5. The highest BCUT2D eigenvalue weighted by Crippen LogP contribution is 2.19. The fourth-order valence-corrected chi connectivity index (χ4v) is 2.21. The minimum atomic E-state index is -0.449. The van der Waals surface area contributed by atoms with E-state index < -0.39 is 4.92 Å². The van der Waals surface area contributed by atoms with Gasteiger partial charge in [-0.2, -0.15) is 0 Å². The Morgan fingerprint density at radius 1 is 1.14 bits per heavy atom. The van der Waals surface area contributed by atoms with Gasteiger partial charge in [0.25, 0.3) is 5.69 Å². The van der Waals surface area contributed by atoms with Crippen LogP contribution >= 0.6 is 0 Å². The van der Waals surface area contributed by atoms with Crippen LogP contribution in [-0.4, -0.2) is 22.8 Å². The van der Waals surface area contributed by atoms with Crippen LogP contribution in [0.15, 0.2) is 54.6 Å². The van der Waals surface area contributed by atoms with Crippen LogP contribution in [0.2, 0.25) is 0 Å². The van der Waals surface area contributed by atoms with Crippen LogP contribution in [0, 0.1) is 10.1 Å². The Morgan fingerprint density at radius 3 is 2.27 bits per heavy atom. The Kier molecular flexibility index (Phi) is 4.88. The number of nitro benzene ring substituents is 1. The summed E-state index contributed by atoms with van der Waals surface area (Å²) in [5.41, 5.74) is 1.87. The lowest BCUT2D eigenvalue weighted by molar-refractivity contribution is -0.384. The number of hydrogen-bond acceptors (Lipinski definition) is 3. The lowest BCUT2D eigenvalue weighted by Crippen LogP contribution is -2.30. The molecule has 0 radical (unpaired) electrons. The van der Waals surface area contributed by atoms with Crippen LogP contribution in [-0.2, 0) is 11.2 Å². The Balaban J connectivity index is 2.03. The maximum atomic E-state index is 12.3. The minimum absolute atomic E-state index is 0.0215. The quantitative estimate of drug-likeness (QED) is 0.628. The van der Waals surface area contributed by atoms with E-state index in [1.807, 2.05) is 37.3 Å². The molecule has 114 valence electrons. The molecule has 0 saturated heterocycles. The fourth-order valence-electron chi connectivity index (χ4n) is 2.21. The molecular formula is C17H18N2O3. The minimum Gasteiger partial charge on any atom is -0.339 e. The van der Waals surface area contributed by atoms with Crippen molar-refractivity contribution in [3.8, 4) is 0 Å². The molecule has 2 rings (SSSR count). The van der Waals surface area contributed by atoms with Crippen LogP contribution in [0.4, 0.5) is 5.69 Å². The Labute approximate surface area is 129 Å². The molecule has 0 aliphatic rings. The molecule has 0 N–H and O–H groups in total. The van der Waals surface area contributed by atoms with Crippen LogP contribution in [0.3, 0.4) is 0 Å². The topological polar surface area (TPSA) is 63.5 Å². The first kappa shape index (κ1) is 15.7. The van der Waals surface area contributed by atoms with Crippen LogP contribution in [0.25, 0.3) is 0 Å². The average Bonchev–Trinajstić information content (AvgIpc) is 2.54. The van der Waals surface area contributed by atoms with Crippen molar-refractivity contribution in [2.24, 2.45) is 0 Å². The lowest BCUT2D eigenvalue weighted by Gasteiger charge is -2.25. The number of likely N-dealkylation sites (N-methyl/N-ethyl adjacent to an activating group) is 1. The van der Waals surface area contributed by atoms with Gasteiger partial charge < -0.3 is 4.90 Å². The molecular weight excluding hydrogens is 280 g/mol. The van der Waals surface area contributed by atoms with Crippen LogP contribution in [0.1, 0.15) is 24.1 Å². The second-order valence-electron chi connectivity index (χ2n) is 5.19. The maximum Gasteiger partial charge on any atom is 0.269 e. The highest BCUT2D eigenvalue weighted by Gasteiger charge is 2.17. The van der Waals surface area contributed by atoms with Crippen molar-refractivity contribution in [3.05, 3.63) is 75.8 Å². The number of carbonyl (C=O) groups excluding carboxylic acids is 1. The van der Waals surface area contributed by atoms with Gasteiger partial charge >= 0.3 is 0 Å². The van der Waals surface area contributed by atoms with E-state index in [9.17, 15) is 14.9 Å². The average molecular weight is 298 g/mol. The molecule has 2 aromatic rings. The molecule has 1 unspecified atom stereocenters. The van der Waals surface area contributed by atoms with Gasteiger partial charge in [-0.15, -0.1) is 0 Å². The normalized spacial score (nSPS) is 11.7. The zero-order valence-electron chi connectivity index (χ0n) is 12.6. The first-order valence-electron chi connectivity index (χ1n) is 7.03. The van der Waals surface area contributed by atoms with Gasteiger partial charge in [-0.1, -0.05) is 42.5 Å². The van der Waals surface area contributed by atoms with Crippen molar-refractivity contribution in [1.82, 2.24) is 4.90 Å². The van der Waals surface area contributed by atoms with E-state index in [1.54, 1.807) is 24.1 Å². The van der Waals surface area contributed by atoms with Gasteiger partial charge in [0.05, 0.1) is 17.4 Å². The fraction of sp³-hybridized carbons (Fsp3) is 0.235. The molecule has 0 fully saturated rings. The molecule has 5 nitrogen and oxygen atoms in total. The van der Waals surface area contributed by atoms with Crippen LogP contribution < -0.4 is 0 Å². The second kappa shape index (κ2) is 6.85. The van der Waals surface area contributed by atoms with E-state index >= 15 is 0 Å². The Morgan fingerprint density at radius 2 is 1.73 bits per heavy atom. The number of nitro groups is 1. The summed E-state index contributed by atoms with van der Waals surface area (Å²) < 4.78 is 0. The van der Waals surface area contributed by atoms with Gasteiger partial charge in [-0.05, 0) is 18.1 Å². The molecule has 0 bridgehead atoms. The van der Waals surface area contributed by atoms with Gasteiger partial charge in [0.15, 0.2) is 0 Å². The molecule has 0 spiro atoms. The predicted octanol–water partition coefficient (Wildman–Crippen LogP) is 3.36. The van der Waals surface area contributed by atoms with Crippen molar-refractivity contribution in [2.75, 3.05) is 7.05 Å². The maximum absolute atomic E-state index is 12.3. The molecule has 2 aromatic carbocycles. The number of amides is 1. The van der Waals surface area contributed by atoms with E-state index in [1.165, 1.54) is 12.1 Å². The monoisotopic (exact) mass is 298 g/mol. The van der Waals surface area contributed by atoms with Gasteiger partial charge in [0, 0.05) is 19.2 Å². The van der Waals surface area contributed by atoms with Crippen molar-refractivity contribution in [3.63, 3.8) is 0 Å². The first-order valence-corrected chi connectivity index (χ1v) is 7.03. The Bertz CT molecular complexity index is 653. The van der Waals surface area contributed by atoms with Gasteiger partial charge in [-0.25, -0.2) is 0 Å². The molecule has 1 atom stereocenters. The van der Waals surface area contributed by atoms with Gasteiger partial charge in [0.2, 0.25) is 5.91 Å². The van der Waals surface area contributed by atoms with E-state index in [0.29, 0.717) is 0 Å². The van der Waals surface area contributed by atoms with E-state index in [4.69, 9.17) is 0 Å². The summed E-state index contributed by atoms with van der Waals surface area (Å²) in [7, 11) is 1.77. The Hall–Kier alpha value is -2.69. The van der Waals surface area contributed by atoms with Crippen molar-refractivity contribution >= 4 is 11.6 Å². The number of benzene rings is 2. The molecule has 0 aromatic heterocycles. The number of nitrogens with zero attached hydrogens (tertiary/aromatic N) is 2. The molecule has 0 saturated carbocycles. The number of carbonyl (C=O) groups is 1. The summed E-state index contributed by atoms with van der Waals surface area (Å²) in [6, 6.07) is 15.9. The first-order chi connectivity index (χ1) is 10.5. The predicted molar refractivity (Wildman–Crippen MR) is 84.4 cm³/mol. The third-order valence-electron chi connectivity index (χ3n) is 3.76. The second-order valence-corrected chi connectivity index (χ2v) is 5.19. The zero-order chi connectivity index (χ0) is 16.1. The standard InChI is InChI=1S/C17H18N2O3/c1-13(15-6-4-3-5-7-15)18(2)17(20)12-14-8-10-16(11-9-14)19(21)22/h3-11,13H,12H2,1-2H3. The molecule has 1 amide bonds. The third kappa shape index (κ3) is 3.69. The summed E-state index contributed by atoms with van der Waals surface area (Å²) in [5, 5.41) is 10.6. The number of non-ortho nitro benzene ring substituents is 1. The van der Waals surface area contributed by atoms with Crippen LogP contribution in [0.5, 0.6) is 0 Å². The van der Waals surface area contributed by atoms with E-state index in [-0.39, 0.29) is 24.1 Å². The third-order valence-corrected chi connectivity index (χ3v) is 3.76. The number of hydrogen-bond donors (Lipinski definition) is 0. The van der Waals surface area contributed by atoms with E-state index in [2.05, 4.69) is 0 Å². The SMILES string of the molecule is CC(c1ccccc1)N(C)C(=O)Cc1ccc([N+](=O)[O-])cc1. The van der Waals surface area contributed by atoms with Crippen molar-refractivity contribution in [1.29, 1.82) is 0 Å². The molecule has 5 heteroatoms. The zero-order valence-corrected chi connectivity index (χ0v) is 12.6. The highest BCUT2D eigenvalue weighted by molar-refractivity contribution is 5.79. The summed E-state index contributed by atoms with van der Waals surface area (Å²) in [6.45, 7) is 1.98. The van der Waals surface area contributed by atoms with Crippen molar-refractivity contribution < 1.29 is 9.72 Å². The van der Waals surface area contributed by atoms with E-state index in [0.717, 1.165) is 11.1 Å². The summed E-state index contributed by atoms with van der Waals surface area (Å²) in [6.07, 6.45) is 0.228. The molecule has 0 aliphatic heterocycles.